The summed E-state index contributed by atoms with van der Waals surface area (Å²) in [5.41, 5.74) is 0. The van der Waals surface area contributed by atoms with Crippen LogP contribution in [-0.4, -0.2) is 33.6 Å². The number of unbranched alkanes of at least 4 members (excludes halogenated alkanes) is 1. The van der Waals surface area contributed by atoms with E-state index in [1.54, 1.807) is 0 Å². The third-order valence-corrected chi connectivity index (χ3v) is 16.6. The van der Waals surface area contributed by atoms with Crippen molar-refractivity contribution in [1.29, 1.82) is 0 Å². The van der Waals surface area contributed by atoms with Crippen LogP contribution >= 0.6 is 12.4 Å². The molecule has 0 saturated heterocycles. The first-order valence-corrected chi connectivity index (χ1v) is 17.4. The van der Waals surface area contributed by atoms with Crippen LogP contribution in [0.3, 0.4) is 0 Å². The minimum absolute atomic E-state index is 0.294. The van der Waals surface area contributed by atoms with Crippen LogP contribution in [0.15, 0.2) is 121 Å². The molecule has 0 fully saturated rings. The maximum atomic E-state index is 2.43. The Morgan fingerprint density at radius 2 is 0.903 bits per heavy atom. The molecule has 3 heteroatoms. The van der Waals surface area contributed by atoms with Gasteiger partial charge in [-0.05, 0) is 0 Å². The summed E-state index contributed by atoms with van der Waals surface area (Å²) in [6, 6.07) is 44.6. The maximum absolute atomic E-state index is 2.43. The van der Waals surface area contributed by atoms with Gasteiger partial charge in [0.15, 0.2) is 0 Å². The van der Waals surface area contributed by atoms with Crippen LogP contribution in [0.5, 0.6) is 0 Å². The van der Waals surface area contributed by atoms with E-state index in [4.69, 9.17) is 0 Å². The predicted octanol–water partition coefficient (Wildman–Crippen LogP) is 5.65. The van der Waals surface area contributed by atoms with Crippen LogP contribution in [0.2, 0.25) is 0 Å². The van der Waals surface area contributed by atoms with E-state index in [9.17, 15) is 0 Å². The molecule has 0 aliphatic carbocycles. The van der Waals surface area contributed by atoms with Crippen molar-refractivity contribution < 1.29 is 0 Å². The van der Waals surface area contributed by atoms with Crippen molar-refractivity contribution in [2.45, 2.75) is 12.8 Å². The Balaban J connectivity index is 1.50. The molecule has 0 bridgehead atoms. The first kappa shape index (κ1) is 22.7. The van der Waals surface area contributed by atoms with E-state index >= 15 is 0 Å². The van der Waals surface area contributed by atoms with Gasteiger partial charge in [0.05, 0.1) is 0 Å². The fourth-order valence-electron chi connectivity index (χ4n) is 3.97. The van der Waals surface area contributed by atoms with Crippen molar-refractivity contribution >= 4 is 54.9 Å². The zero-order chi connectivity index (χ0) is 21.4. The van der Waals surface area contributed by atoms with Crippen LogP contribution in [0.1, 0.15) is 12.8 Å². The summed E-state index contributed by atoms with van der Waals surface area (Å²) in [5, 5.41) is 6.04. The molecule has 0 unspecified atom stereocenters. The third kappa shape index (κ3) is 5.86. The summed E-state index contributed by atoms with van der Waals surface area (Å²) in [5.74, 6) is 0. The van der Waals surface area contributed by atoms with Gasteiger partial charge in [-0.1, -0.05) is 0 Å². The van der Waals surface area contributed by atoms with Gasteiger partial charge in [-0.15, -0.1) is 0 Å². The average molecular weight is 554 g/mol. The topological polar surface area (TPSA) is 0 Å². The summed E-state index contributed by atoms with van der Waals surface area (Å²) in [7, 11) is -0.294. The van der Waals surface area contributed by atoms with Gasteiger partial charge in [-0.2, -0.15) is 0 Å². The van der Waals surface area contributed by atoms with E-state index in [1.165, 1.54) is 46.4 Å². The van der Waals surface area contributed by atoms with Crippen LogP contribution in [0.25, 0.3) is 0 Å². The van der Waals surface area contributed by atoms with Crippen molar-refractivity contribution in [2.75, 3.05) is 12.3 Å². The Bertz CT molecular complexity index is 1010. The normalized spacial score (nSPS) is 11.5. The molecule has 0 amide bonds. The molecule has 0 N–H and O–H groups in total. The van der Waals surface area contributed by atoms with Crippen molar-refractivity contribution in [3.05, 3.63) is 121 Å². The molecule has 4 rings (SSSR count). The van der Waals surface area contributed by atoms with E-state index in [0.717, 1.165) is 0 Å². The zero-order valence-electron chi connectivity index (χ0n) is 17.7. The first-order valence-electron chi connectivity index (χ1n) is 10.9. The first-order chi connectivity index (χ1) is 15.3. The second-order valence-electron chi connectivity index (χ2n) is 7.66. The van der Waals surface area contributed by atoms with Crippen molar-refractivity contribution in [2.24, 2.45) is 0 Å². The molecule has 156 valence electrons. The summed E-state index contributed by atoms with van der Waals surface area (Å²) in [4.78, 5) is 0. The molecule has 0 spiro atoms. The Hall–Kier alpha value is -1.47. The number of rotatable bonds is 9. The summed E-state index contributed by atoms with van der Waals surface area (Å²) in [6.07, 6.45) is 5.08. The predicted molar refractivity (Wildman–Crippen MR) is 143 cm³/mol. The summed E-state index contributed by atoms with van der Waals surface area (Å²) in [6.45, 7) is 0. The molecule has 0 aliphatic rings. The third-order valence-electron chi connectivity index (χ3n) is 5.59. The Kier molecular flexibility index (Phi) is 8.36. The van der Waals surface area contributed by atoms with E-state index in [-0.39, 0.29) is 7.92 Å². The van der Waals surface area contributed by atoms with E-state index < -0.39 is 4.49 Å². The van der Waals surface area contributed by atoms with Gasteiger partial charge >= 0.3 is 201 Å². The fourth-order valence-corrected chi connectivity index (χ4v) is 12.4. The number of hydrogen-bond acceptors (Lipinski definition) is 0. The summed E-state index contributed by atoms with van der Waals surface area (Å²) >= 11 is 2.43. The molecule has 0 aromatic heterocycles. The van der Waals surface area contributed by atoms with Crippen LogP contribution in [0, 0.1) is 0 Å². The average Bonchev–Trinajstić information content (AvgIpc) is 2.86. The van der Waals surface area contributed by atoms with E-state index in [0.29, 0.717) is 0 Å². The van der Waals surface area contributed by atoms with Crippen LogP contribution in [0.4, 0.5) is 0 Å². The molecular weight excluding hydrogens is 526 g/mol. The SMILES string of the molecule is [Te]=P(CCCCP(c1ccccc1)c1ccccc1)(c1ccccc1)c1ccccc1. The number of hydrogen-bond donors (Lipinski definition) is 0. The molecule has 0 aliphatic heterocycles. The van der Waals surface area contributed by atoms with Gasteiger partial charge in [-0.3, -0.25) is 0 Å². The zero-order valence-corrected chi connectivity index (χ0v) is 21.8. The summed E-state index contributed by atoms with van der Waals surface area (Å²) < 4.78 is -1.36. The molecule has 0 heterocycles. The van der Waals surface area contributed by atoms with Crippen molar-refractivity contribution in [3.8, 4) is 0 Å². The Morgan fingerprint density at radius 3 is 1.32 bits per heavy atom. The second kappa shape index (κ2) is 11.4. The second-order valence-corrected chi connectivity index (χ2v) is 18.3. The Labute approximate surface area is 200 Å². The monoisotopic (exact) mass is 556 g/mol. The number of benzene rings is 4. The van der Waals surface area contributed by atoms with Gasteiger partial charge in [0.1, 0.15) is 0 Å². The van der Waals surface area contributed by atoms with Crippen LogP contribution in [-0.2, 0) is 0 Å². The molecular formula is C28H28P2Te. The van der Waals surface area contributed by atoms with Gasteiger partial charge in [0, 0.05) is 0 Å². The van der Waals surface area contributed by atoms with Crippen molar-refractivity contribution in [3.63, 3.8) is 0 Å². The molecule has 0 saturated carbocycles. The van der Waals surface area contributed by atoms with Crippen molar-refractivity contribution in [1.82, 2.24) is 0 Å². The fraction of sp³-hybridized carbons (Fsp3) is 0.143. The molecule has 0 atom stereocenters. The quantitative estimate of drug-likeness (QED) is 0.143. The molecule has 4 aromatic rings. The van der Waals surface area contributed by atoms with E-state index in [2.05, 4.69) is 143 Å². The van der Waals surface area contributed by atoms with E-state index in [1.807, 2.05) is 0 Å². The van der Waals surface area contributed by atoms with Crippen LogP contribution < -0.4 is 21.2 Å². The van der Waals surface area contributed by atoms with Gasteiger partial charge in [0.25, 0.3) is 0 Å². The van der Waals surface area contributed by atoms with Gasteiger partial charge in [-0.25, -0.2) is 0 Å². The molecule has 0 nitrogen and oxygen atoms in total. The minimum atomic E-state index is -1.36. The molecule has 0 radical (unpaired) electrons. The van der Waals surface area contributed by atoms with Gasteiger partial charge < -0.3 is 0 Å². The van der Waals surface area contributed by atoms with Gasteiger partial charge in [0.2, 0.25) is 0 Å². The standard InChI is InChI=1S/C28H28P2Te/c31-30(27-19-9-3-10-20-27,28-21-11-4-12-22-28)24-14-13-23-29(25-15-5-1-6-16-25)26-17-7-2-8-18-26/h1-12,15-22H,13-14,23-24H2. The Morgan fingerprint density at radius 1 is 0.516 bits per heavy atom. The molecule has 31 heavy (non-hydrogen) atoms. The molecule has 4 aromatic carbocycles.